The normalized spacial score (nSPS) is 22.2. The Kier molecular flexibility index (Phi) is 5.10. The van der Waals surface area contributed by atoms with Gasteiger partial charge in [-0.25, -0.2) is 13.6 Å². The van der Waals surface area contributed by atoms with Gasteiger partial charge in [-0.2, -0.15) is 0 Å². The molecule has 1 aliphatic heterocycles. The van der Waals surface area contributed by atoms with Gasteiger partial charge in [0, 0.05) is 31.2 Å². The third kappa shape index (κ3) is 3.72. The number of rotatable bonds is 3. The van der Waals surface area contributed by atoms with E-state index in [1.165, 1.54) is 11.0 Å². The monoisotopic (exact) mass is 342 g/mol. The molecular formula is C15H22N2O5S. The highest BCUT2D eigenvalue weighted by molar-refractivity contribution is 7.89. The smallest absolute Gasteiger partial charge is 0.253 e. The van der Waals surface area contributed by atoms with Crippen LogP contribution in [0.4, 0.5) is 0 Å². The predicted molar refractivity (Wildman–Crippen MR) is 84.4 cm³/mol. The molecule has 1 saturated heterocycles. The molecule has 4 N–H and O–H groups in total. The van der Waals surface area contributed by atoms with Crippen LogP contribution in [0.1, 0.15) is 27.9 Å². The first-order chi connectivity index (χ1) is 10.6. The zero-order valence-corrected chi connectivity index (χ0v) is 14.0. The summed E-state index contributed by atoms with van der Waals surface area (Å²) in [6.07, 6.45) is -0.294. The van der Waals surface area contributed by atoms with E-state index in [0.717, 1.165) is 0 Å². The van der Waals surface area contributed by atoms with Gasteiger partial charge in [-0.1, -0.05) is 0 Å². The number of benzene rings is 1. The Morgan fingerprint density at radius 1 is 1.39 bits per heavy atom. The van der Waals surface area contributed by atoms with Crippen molar-refractivity contribution in [2.24, 2.45) is 11.1 Å². The number of piperidine rings is 1. The van der Waals surface area contributed by atoms with Gasteiger partial charge in [-0.15, -0.1) is 0 Å². The lowest BCUT2D eigenvalue weighted by molar-refractivity contribution is 0.000863. The van der Waals surface area contributed by atoms with Crippen LogP contribution in [-0.2, 0) is 10.0 Å². The number of nitrogens with zero attached hydrogens (tertiary/aromatic N) is 1. The molecule has 8 heteroatoms. The van der Waals surface area contributed by atoms with E-state index < -0.39 is 16.1 Å². The van der Waals surface area contributed by atoms with Crippen LogP contribution in [0.2, 0.25) is 0 Å². The number of aliphatic hydroxyl groups is 2. The molecule has 2 rings (SSSR count). The quantitative estimate of drug-likeness (QED) is 0.700. The number of nitrogens with two attached hydrogens (primary N) is 1. The SMILES string of the molecule is Cc1cc(C(=O)N2CC[C@H](CO)[C@H](O)C2)cc(S(N)(=O)=O)c1C. The largest absolute Gasteiger partial charge is 0.396 e. The number of carbonyl (C=O) groups excluding carboxylic acids is 1. The summed E-state index contributed by atoms with van der Waals surface area (Å²) in [5, 5.41) is 24.3. The third-order valence-corrected chi connectivity index (χ3v) is 5.45. The lowest BCUT2D eigenvalue weighted by Gasteiger charge is -2.35. The molecule has 128 valence electrons. The van der Waals surface area contributed by atoms with Crippen LogP contribution in [0, 0.1) is 19.8 Å². The molecule has 1 fully saturated rings. The van der Waals surface area contributed by atoms with Crippen LogP contribution in [0.3, 0.4) is 0 Å². The minimum absolute atomic E-state index is 0.0633. The van der Waals surface area contributed by atoms with E-state index in [1.54, 1.807) is 19.9 Å². The van der Waals surface area contributed by atoms with Gasteiger partial charge in [0.05, 0.1) is 11.0 Å². The van der Waals surface area contributed by atoms with E-state index in [0.29, 0.717) is 24.1 Å². The van der Waals surface area contributed by atoms with E-state index >= 15 is 0 Å². The average Bonchev–Trinajstić information content (AvgIpc) is 2.47. The van der Waals surface area contributed by atoms with Gasteiger partial charge < -0.3 is 15.1 Å². The number of amides is 1. The topological polar surface area (TPSA) is 121 Å². The third-order valence-electron chi connectivity index (χ3n) is 4.42. The number of aryl methyl sites for hydroxylation is 1. The highest BCUT2D eigenvalue weighted by atomic mass is 32.2. The van der Waals surface area contributed by atoms with Crippen LogP contribution < -0.4 is 5.14 Å². The Labute approximate surface area is 135 Å². The average molecular weight is 342 g/mol. The van der Waals surface area contributed by atoms with E-state index in [-0.39, 0.29) is 35.4 Å². The highest BCUT2D eigenvalue weighted by Gasteiger charge is 2.30. The summed E-state index contributed by atoms with van der Waals surface area (Å²) in [5.41, 5.74) is 1.40. The first kappa shape index (κ1) is 17.9. The number of primary sulfonamides is 1. The van der Waals surface area contributed by atoms with Crippen molar-refractivity contribution >= 4 is 15.9 Å². The molecular weight excluding hydrogens is 320 g/mol. The van der Waals surface area contributed by atoms with Crippen LogP contribution in [0.5, 0.6) is 0 Å². The summed E-state index contributed by atoms with van der Waals surface area (Å²) in [7, 11) is -3.92. The Morgan fingerprint density at radius 2 is 2.04 bits per heavy atom. The maximum absolute atomic E-state index is 12.6. The van der Waals surface area contributed by atoms with Gasteiger partial charge in [0.2, 0.25) is 10.0 Å². The summed E-state index contributed by atoms with van der Waals surface area (Å²) in [5.74, 6) is -0.591. The molecule has 0 unspecified atom stereocenters. The number of carbonyl (C=O) groups is 1. The van der Waals surface area contributed by atoms with Crippen molar-refractivity contribution in [2.75, 3.05) is 19.7 Å². The molecule has 0 spiro atoms. The summed E-state index contributed by atoms with van der Waals surface area (Å²) < 4.78 is 23.4. The molecule has 23 heavy (non-hydrogen) atoms. The molecule has 1 aromatic carbocycles. The minimum Gasteiger partial charge on any atom is -0.396 e. The maximum Gasteiger partial charge on any atom is 0.253 e. The van der Waals surface area contributed by atoms with Crippen molar-refractivity contribution < 1.29 is 23.4 Å². The number of β-amino-alcohol motifs (C(OH)–C–C–N with tert-alkyl or cyclic N) is 1. The molecule has 1 aromatic rings. The lowest BCUT2D eigenvalue weighted by atomic mass is 9.94. The van der Waals surface area contributed by atoms with E-state index in [4.69, 9.17) is 10.2 Å². The summed E-state index contributed by atoms with van der Waals surface area (Å²) in [6, 6.07) is 2.90. The Hall–Kier alpha value is -1.48. The standard InChI is InChI=1S/C15H22N2O5S/c1-9-5-12(6-14(10(9)2)23(16,21)22)15(20)17-4-3-11(8-18)13(19)7-17/h5-6,11,13,18-19H,3-4,7-8H2,1-2H3,(H2,16,21,22)/t11-,13-/m1/s1. The van der Waals surface area contributed by atoms with Gasteiger partial charge in [0.25, 0.3) is 5.91 Å². The van der Waals surface area contributed by atoms with E-state index in [1.807, 2.05) is 0 Å². The fourth-order valence-corrected chi connectivity index (χ4v) is 3.69. The van der Waals surface area contributed by atoms with Crippen LogP contribution in [0.15, 0.2) is 17.0 Å². The zero-order chi connectivity index (χ0) is 17.4. The zero-order valence-electron chi connectivity index (χ0n) is 13.2. The molecule has 1 amide bonds. The second-order valence-corrected chi connectivity index (χ2v) is 7.54. The predicted octanol–water partition coefficient (Wildman–Crippen LogP) is -0.234. The summed E-state index contributed by atoms with van der Waals surface area (Å²) in [4.78, 5) is 14.0. The fourth-order valence-electron chi connectivity index (χ4n) is 2.81. The number of hydrogen-bond acceptors (Lipinski definition) is 5. The molecule has 2 atom stereocenters. The molecule has 1 heterocycles. The minimum atomic E-state index is -3.92. The lowest BCUT2D eigenvalue weighted by Crippen LogP contribution is -2.47. The number of hydrogen-bond donors (Lipinski definition) is 3. The number of likely N-dealkylation sites (tertiary alicyclic amines) is 1. The first-order valence-corrected chi connectivity index (χ1v) is 8.92. The second-order valence-electron chi connectivity index (χ2n) is 6.01. The number of sulfonamides is 1. The van der Waals surface area contributed by atoms with Gasteiger partial charge in [-0.05, 0) is 43.5 Å². The van der Waals surface area contributed by atoms with Crippen molar-refractivity contribution in [3.63, 3.8) is 0 Å². The molecule has 1 aliphatic rings. The summed E-state index contributed by atoms with van der Waals surface area (Å²) in [6.45, 7) is 3.75. The Balaban J connectivity index is 2.32. The van der Waals surface area contributed by atoms with Crippen LogP contribution >= 0.6 is 0 Å². The maximum atomic E-state index is 12.6. The van der Waals surface area contributed by atoms with Crippen LogP contribution in [0.25, 0.3) is 0 Å². The molecule has 0 bridgehead atoms. The van der Waals surface area contributed by atoms with Gasteiger partial charge in [-0.3, -0.25) is 4.79 Å². The first-order valence-electron chi connectivity index (χ1n) is 7.37. The number of aliphatic hydroxyl groups excluding tert-OH is 2. The molecule has 0 aliphatic carbocycles. The van der Waals surface area contributed by atoms with Crippen molar-refractivity contribution in [2.45, 2.75) is 31.3 Å². The van der Waals surface area contributed by atoms with Gasteiger partial charge >= 0.3 is 0 Å². The molecule has 7 nitrogen and oxygen atoms in total. The Morgan fingerprint density at radius 3 is 2.57 bits per heavy atom. The van der Waals surface area contributed by atoms with E-state index in [9.17, 15) is 18.3 Å². The van der Waals surface area contributed by atoms with Crippen LogP contribution in [-0.4, -0.2) is 55.2 Å². The van der Waals surface area contributed by atoms with Crippen molar-refractivity contribution in [1.29, 1.82) is 0 Å². The molecule has 0 radical (unpaired) electrons. The van der Waals surface area contributed by atoms with Crippen molar-refractivity contribution in [3.05, 3.63) is 28.8 Å². The second kappa shape index (κ2) is 6.56. The summed E-state index contributed by atoms with van der Waals surface area (Å²) >= 11 is 0. The highest BCUT2D eigenvalue weighted by Crippen LogP contribution is 2.23. The van der Waals surface area contributed by atoms with Gasteiger partial charge in [0.1, 0.15) is 0 Å². The van der Waals surface area contributed by atoms with E-state index in [2.05, 4.69) is 0 Å². The molecule has 0 aromatic heterocycles. The van der Waals surface area contributed by atoms with Crippen molar-refractivity contribution in [3.8, 4) is 0 Å². The molecule has 0 saturated carbocycles. The van der Waals surface area contributed by atoms with Crippen molar-refractivity contribution in [1.82, 2.24) is 4.90 Å². The Bertz CT molecular complexity index is 717. The van der Waals surface area contributed by atoms with Gasteiger partial charge in [0.15, 0.2) is 0 Å². The fraction of sp³-hybridized carbons (Fsp3) is 0.533.